The maximum absolute atomic E-state index is 13.2. The first-order chi connectivity index (χ1) is 8.61. The number of allylic oxidation sites excluding steroid dienone is 3. The van der Waals surface area contributed by atoms with Crippen molar-refractivity contribution in [1.82, 2.24) is 5.32 Å². The molecule has 1 N–H and O–H groups in total. The van der Waals surface area contributed by atoms with Crippen LogP contribution in [0.1, 0.15) is 25.0 Å². The fraction of sp³-hybridized carbons (Fsp3) is 0.250. The first-order valence-corrected chi connectivity index (χ1v) is 6.15. The lowest BCUT2D eigenvalue weighted by molar-refractivity contribution is 0.618. The lowest BCUT2D eigenvalue weighted by Gasteiger charge is -2.21. The number of dihydropyridines is 1. The van der Waals surface area contributed by atoms with Crippen LogP contribution >= 0.6 is 0 Å². The van der Waals surface area contributed by atoms with Crippen LogP contribution < -0.4 is 5.32 Å². The number of hydrogen-bond donors (Lipinski definition) is 1. The third kappa shape index (κ3) is 2.53. The van der Waals surface area contributed by atoms with Crippen molar-refractivity contribution in [2.24, 2.45) is 0 Å². The van der Waals surface area contributed by atoms with Crippen molar-refractivity contribution in [3.63, 3.8) is 0 Å². The van der Waals surface area contributed by atoms with Crippen molar-refractivity contribution in [2.75, 3.05) is 0 Å². The lowest BCUT2D eigenvalue weighted by atomic mass is 9.96. The monoisotopic (exact) mass is 243 g/mol. The average Bonchev–Trinajstić information content (AvgIpc) is 2.35. The van der Waals surface area contributed by atoms with Gasteiger partial charge in [-0.2, -0.15) is 0 Å². The Morgan fingerprint density at radius 1 is 1.28 bits per heavy atom. The second-order valence-corrected chi connectivity index (χ2v) is 4.62. The van der Waals surface area contributed by atoms with Gasteiger partial charge in [-0.25, -0.2) is 4.39 Å². The van der Waals surface area contributed by atoms with E-state index in [1.165, 1.54) is 11.6 Å². The molecule has 0 saturated carbocycles. The predicted molar refractivity (Wildman–Crippen MR) is 74.6 cm³/mol. The molecule has 0 aromatic heterocycles. The average molecular weight is 243 g/mol. The smallest absolute Gasteiger partial charge is 0.126 e. The summed E-state index contributed by atoms with van der Waals surface area (Å²) in [5.74, 6) is -0.157. The summed E-state index contributed by atoms with van der Waals surface area (Å²) in [4.78, 5) is 0. The fourth-order valence-corrected chi connectivity index (χ4v) is 2.08. The van der Waals surface area contributed by atoms with Gasteiger partial charge in [-0.3, -0.25) is 0 Å². The summed E-state index contributed by atoms with van der Waals surface area (Å²) in [5.41, 5.74) is 4.07. The molecule has 94 valence electrons. The molecule has 1 aliphatic heterocycles. The summed E-state index contributed by atoms with van der Waals surface area (Å²) < 4.78 is 13.2. The summed E-state index contributed by atoms with van der Waals surface area (Å²) in [6, 6.07) is 5.48. The molecule has 0 aliphatic carbocycles. The summed E-state index contributed by atoms with van der Waals surface area (Å²) >= 11 is 0. The van der Waals surface area contributed by atoms with E-state index >= 15 is 0 Å². The molecule has 1 aromatic carbocycles. The summed E-state index contributed by atoms with van der Waals surface area (Å²) in [7, 11) is 0. The summed E-state index contributed by atoms with van der Waals surface area (Å²) in [6.45, 7) is 5.90. The standard InChI is InChI=1S/C16H18FN/c1-4-5-16-12(3)9-14(10-18-16)13-6-7-15(17)11(2)8-13/h4-10,16,18H,1-3H3/b5-4-. The van der Waals surface area contributed by atoms with Crippen LogP contribution in [0.5, 0.6) is 0 Å². The molecule has 1 aromatic rings. The largest absolute Gasteiger partial charge is 0.380 e. The Hall–Kier alpha value is -1.83. The molecule has 1 atom stereocenters. The van der Waals surface area contributed by atoms with Crippen LogP contribution in [-0.4, -0.2) is 6.04 Å². The van der Waals surface area contributed by atoms with Crippen LogP contribution in [0.15, 0.2) is 48.2 Å². The molecule has 1 aliphatic rings. The van der Waals surface area contributed by atoms with E-state index in [0.717, 1.165) is 11.1 Å². The predicted octanol–water partition coefficient (Wildman–Crippen LogP) is 3.97. The Bertz CT molecular complexity index is 538. The first kappa shape index (κ1) is 12.6. The van der Waals surface area contributed by atoms with Crippen molar-refractivity contribution in [3.8, 4) is 0 Å². The van der Waals surface area contributed by atoms with Gasteiger partial charge >= 0.3 is 0 Å². The van der Waals surface area contributed by atoms with Gasteiger partial charge in [0.2, 0.25) is 0 Å². The van der Waals surface area contributed by atoms with E-state index in [2.05, 4.69) is 24.4 Å². The zero-order valence-corrected chi connectivity index (χ0v) is 11.0. The molecule has 1 nitrogen and oxygen atoms in total. The molecule has 2 heteroatoms. The Kier molecular flexibility index (Phi) is 3.66. The second-order valence-electron chi connectivity index (χ2n) is 4.62. The maximum Gasteiger partial charge on any atom is 0.126 e. The third-order valence-electron chi connectivity index (χ3n) is 3.17. The second kappa shape index (κ2) is 5.21. The Labute approximate surface area is 108 Å². The van der Waals surface area contributed by atoms with Crippen molar-refractivity contribution < 1.29 is 4.39 Å². The minimum Gasteiger partial charge on any atom is -0.380 e. The number of hydrogen-bond acceptors (Lipinski definition) is 1. The van der Waals surface area contributed by atoms with Crippen molar-refractivity contribution in [1.29, 1.82) is 0 Å². The van der Waals surface area contributed by atoms with Gasteiger partial charge in [-0.1, -0.05) is 24.3 Å². The summed E-state index contributed by atoms with van der Waals surface area (Å²) in [6.07, 6.45) is 8.29. The van der Waals surface area contributed by atoms with E-state index in [1.807, 2.05) is 31.3 Å². The molecule has 0 radical (unpaired) electrons. The minimum absolute atomic E-state index is 0.157. The van der Waals surface area contributed by atoms with Gasteiger partial charge in [-0.05, 0) is 55.2 Å². The molecular weight excluding hydrogens is 225 g/mol. The maximum atomic E-state index is 13.2. The van der Waals surface area contributed by atoms with E-state index in [4.69, 9.17) is 0 Å². The fourth-order valence-electron chi connectivity index (χ4n) is 2.08. The molecule has 0 amide bonds. The minimum atomic E-state index is -0.157. The molecule has 1 unspecified atom stereocenters. The highest BCUT2D eigenvalue weighted by Gasteiger charge is 2.12. The third-order valence-corrected chi connectivity index (χ3v) is 3.17. The van der Waals surface area contributed by atoms with Crippen LogP contribution in [0.3, 0.4) is 0 Å². The van der Waals surface area contributed by atoms with Crippen LogP contribution in [0.2, 0.25) is 0 Å². The molecule has 0 fully saturated rings. The highest BCUT2D eigenvalue weighted by atomic mass is 19.1. The number of rotatable bonds is 2. The Morgan fingerprint density at radius 3 is 2.67 bits per heavy atom. The van der Waals surface area contributed by atoms with E-state index in [0.29, 0.717) is 5.56 Å². The van der Waals surface area contributed by atoms with Gasteiger partial charge in [0.15, 0.2) is 0 Å². The first-order valence-electron chi connectivity index (χ1n) is 6.15. The van der Waals surface area contributed by atoms with Gasteiger partial charge < -0.3 is 5.32 Å². The zero-order valence-electron chi connectivity index (χ0n) is 11.0. The lowest BCUT2D eigenvalue weighted by Crippen LogP contribution is -2.26. The molecule has 18 heavy (non-hydrogen) atoms. The van der Waals surface area contributed by atoms with Gasteiger partial charge in [0.05, 0.1) is 6.04 Å². The van der Waals surface area contributed by atoms with Gasteiger partial charge in [0.25, 0.3) is 0 Å². The van der Waals surface area contributed by atoms with Crippen molar-refractivity contribution in [2.45, 2.75) is 26.8 Å². The Balaban J connectivity index is 2.28. The topological polar surface area (TPSA) is 12.0 Å². The number of benzene rings is 1. The quantitative estimate of drug-likeness (QED) is 0.775. The number of aryl methyl sites for hydroxylation is 1. The highest BCUT2D eigenvalue weighted by Crippen LogP contribution is 2.23. The van der Waals surface area contributed by atoms with E-state index < -0.39 is 0 Å². The molecule has 0 bridgehead atoms. The van der Waals surface area contributed by atoms with Crippen LogP contribution in [0.4, 0.5) is 4.39 Å². The van der Waals surface area contributed by atoms with E-state index in [-0.39, 0.29) is 11.9 Å². The van der Waals surface area contributed by atoms with Crippen LogP contribution in [0, 0.1) is 12.7 Å². The van der Waals surface area contributed by atoms with Crippen molar-refractivity contribution >= 4 is 5.57 Å². The van der Waals surface area contributed by atoms with Crippen LogP contribution in [0.25, 0.3) is 5.57 Å². The van der Waals surface area contributed by atoms with Gasteiger partial charge in [-0.15, -0.1) is 0 Å². The van der Waals surface area contributed by atoms with E-state index in [9.17, 15) is 4.39 Å². The molecule has 0 saturated heterocycles. The molecular formula is C16H18FN. The molecule has 0 spiro atoms. The Morgan fingerprint density at radius 2 is 2.06 bits per heavy atom. The molecule has 2 rings (SSSR count). The normalized spacial score (nSPS) is 19.4. The van der Waals surface area contributed by atoms with Gasteiger partial charge in [0.1, 0.15) is 5.82 Å². The van der Waals surface area contributed by atoms with Crippen molar-refractivity contribution in [3.05, 3.63) is 65.1 Å². The summed E-state index contributed by atoms with van der Waals surface area (Å²) in [5, 5.41) is 3.34. The number of halogens is 1. The van der Waals surface area contributed by atoms with E-state index in [1.54, 1.807) is 6.92 Å². The SMILES string of the molecule is C/C=C\C1NC=C(c2ccc(F)c(C)c2)C=C1C. The highest BCUT2D eigenvalue weighted by molar-refractivity contribution is 5.76. The van der Waals surface area contributed by atoms with Gasteiger partial charge in [0, 0.05) is 6.20 Å². The molecule has 1 heterocycles. The zero-order chi connectivity index (χ0) is 13.1. The van der Waals surface area contributed by atoms with Crippen LogP contribution in [-0.2, 0) is 0 Å². The number of nitrogens with one attached hydrogen (secondary N) is 1.